The van der Waals surface area contributed by atoms with Crippen molar-refractivity contribution >= 4 is 23.3 Å². The second-order valence-corrected chi connectivity index (χ2v) is 7.87. The first-order valence-corrected chi connectivity index (χ1v) is 10.6. The van der Waals surface area contributed by atoms with Crippen LogP contribution < -0.4 is 9.47 Å². The van der Waals surface area contributed by atoms with Crippen LogP contribution in [0.4, 0.5) is 8.78 Å². The first-order valence-electron chi connectivity index (χ1n) is 10.6. The standard InChI is InChI=1S/C24H28F2N2O2.ClH/c1-3-10-28(11-4-5-16-14-27-22-8-6-17(25)12-19(16)22)18-13-20-23(29-2)9-7-21(26)24(20)30-15-18;/h6-9,12,14,18,27H,3-5,10-11,13,15H2,1-2H3;1H/t18-;/m0./s1. The fourth-order valence-corrected chi connectivity index (χ4v) is 4.42. The lowest BCUT2D eigenvalue weighted by molar-refractivity contribution is 0.113. The Balaban J connectivity index is 0.00000272. The lowest BCUT2D eigenvalue weighted by atomic mass is 9.99. The number of halogens is 3. The lowest BCUT2D eigenvalue weighted by Crippen LogP contribution is -2.44. The van der Waals surface area contributed by atoms with Gasteiger partial charge in [0, 0.05) is 28.7 Å². The highest BCUT2D eigenvalue weighted by Gasteiger charge is 2.29. The summed E-state index contributed by atoms with van der Waals surface area (Å²) < 4.78 is 39.0. The SMILES string of the molecule is CCCN(CCCc1c[nH]c2ccc(F)cc12)[C@@H]1COc2c(F)ccc(OC)c2C1.Cl. The Morgan fingerprint density at radius 3 is 2.81 bits per heavy atom. The van der Waals surface area contributed by atoms with Crippen molar-refractivity contribution in [2.75, 3.05) is 26.8 Å². The molecule has 31 heavy (non-hydrogen) atoms. The van der Waals surface area contributed by atoms with Gasteiger partial charge in [0.2, 0.25) is 0 Å². The molecule has 0 saturated heterocycles. The fraction of sp³-hybridized carbons (Fsp3) is 0.417. The summed E-state index contributed by atoms with van der Waals surface area (Å²) in [7, 11) is 1.60. The van der Waals surface area contributed by atoms with Crippen LogP contribution in [0.3, 0.4) is 0 Å². The number of hydrogen-bond donors (Lipinski definition) is 1. The highest BCUT2D eigenvalue weighted by atomic mass is 35.5. The summed E-state index contributed by atoms with van der Waals surface area (Å²) in [6, 6.07) is 8.09. The molecule has 0 saturated carbocycles. The van der Waals surface area contributed by atoms with Crippen molar-refractivity contribution in [3.63, 3.8) is 0 Å². The smallest absolute Gasteiger partial charge is 0.165 e. The second kappa shape index (κ2) is 10.3. The first kappa shape index (κ1) is 23.4. The Kier molecular flexibility index (Phi) is 7.79. The van der Waals surface area contributed by atoms with E-state index in [9.17, 15) is 8.78 Å². The number of benzene rings is 2. The van der Waals surface area contributed by atoms with Crippen LogP contribution in [0.15, 0.2) is 36.5 Å². The van der Waals surface area contributed by atoms with E-state index in [2.05, 4.69) is 16.8 Å². The number of methoxy groups -OCH3 is 1. The number of hydrogen-bond acceptors (Lipinski definition) is 3. The third-order valence-electron chi connectivity index (χ3n) is 5.90. The minimum atomic E-state index is -0.335. The van der Waals surface area contributed by atoms with Crippen LogP contribution in [0.5, 0.6) is 11.5 Å². The Hall–Kier alpha value is -2.31. The first-order chi connectivity index (χ1) is 14.6. The third kappa shape index (κ3) is 4.96. The summed E-state index contributed by atoms with van der Waals surface area (Å²) in [5.41, 5.74) is 2.90. The predicted molar refractivity (Wildman–Crippen MR) is 122 cm³/mol. The van der Waals surface area contributed by atoms with Crippen molar-refractivity contribution in [1.29, 1.82) is 0 Å². The molecule has 7 heteroatoms. The molecule has 0 unspecified atom stereocenters. The van der Waals surface area contributed by atoms with Crippen LogP contribution in [0.2, 0.25) is 0 Å². The number of ether oxygens (including phenoxy) is 2. The third-order valence-corrected chi connectivity index (χ3v) is 5.90. The number of aromatic nitrogens is 1. The zero-order chi connectivity index (χ0) is 21.1. The van der Waals surface area contributed by atoms with Gasteiger partial charge in [-0.05, 0) is 74.7 Å². The number of fused-ring (bicyclic) bond motifs is 2. The molecule has 4 rings (SSSR count). The molecule has 1 N–H and O–H groups in total. The molecular weight excluding hydrogens is 422 g/mol. The Morgan fingerprint density at radius 2 is 2.03 bits per heavy atom. The normalized spacial score (nSPS) is 15.5. The van der Waals surface area contributed by atoms with E-state index in [0.717, 1.165) is 54.4 Å². The van der Waals surface area contributed by atoms with Crippen molar-refractivity contribution in [3.05, 3.63) is 59.3 Å². The molecule has 1 aliphatic heterocycles. The highest BCUT2D eigenvalue weighted by Crippen LogP contribution is 2.36. The number of nitrogens with zero attached hydrogens (tertiary/aromatic N) is 1. The quantitative estimate of drug-likeness (QED) is 0.490. The number of rotatable bonds is 8. The predicted octanol–water partition coefficient (Wildman–Crippen LogP) is 5.52. The molecule has 0 bridgehead atoms. The Labute approximate surface area is 187 Å². The van der Waals surface area contributed by atoms with Crippen LogP contribution in [-0.4, -0.2) is 42.7 Å². The monoisotopic (exact) mass is 450 g/mol. The largest absolute Gasteiger partial charge is 0.496 e. The molecule has 1 atom stereocenters. The van der Waals surface area contributed by atoms with Crippen molar-refractivity contribution in [2.45, 2.75) is 38.6 Å². The molecule has 2 heterocycles. The van der Waals surface area contributed by atoms with E-state index in [-0.39, 0.29) is 30.1 Å². The molecule has 0 aliphatic carbocycles. The van der Waals surface area contributed by atoms with E-state index in [1.54, 1.807) is 25.3 Å². The van der Waals surface area contributed by atoms with E-state index in [1.807, 2.05) is 6.20 Å². The van der Waals surface area contributed by atoms with Crippen LogP contribution >= 0.6 is 12.4 Å². The summed E-state index contributed by atoms with van der Waals surface area (Å²) in [5.74, 6) is 0.448. The Bertz CT molecular complexity index is 1020. The summed E-state index contributed by atoms with van der Waals surface area (Å²) in [5, 5.41) is 0.951. The van der Waals surface area contributed by atoms with Gasteiger partial charge < -0.3 is 14.5 Å². The molecule has 1 aromatic heterocycles. The summed E-state index contributed by atoms with van der Waals surface area (Å²) >= 11 is 0. The molecule has 168 valence electrons. The summed E-state index contributed by atoms with van der Waals surface area (Å²) in [4.78, 5) is 5.64. The van der Waals surface area contributed by atoms with Gasteiger partial charge in [0.25, 0.3) is 0 Å². The van der Waals surface area contributed by atoms with Gasteiger partial charge in [-0.15, -0.1) is 12.4 Å². The van der Waals surface area contributed by atoms with Crippen LogP contribution in [-0.2, 0) is 12.8 Å². The van der Waals surface area contributed by atoms with E-state index < -0.39 is 0 Å². The molecule has 4 nitrogen and oxygen atoms in total. The molecule has 0 amide bonds. The van der Waals surface area contributed by atoms with Crippen LogP contribution in [0.1, 0.15) is 30.9 Å². The number of H-pyrrole nitrogens is 1. The molecule has 3 aromatic rings. The van der Waals surface area contributed by atoms with Gasteiger partial charge in [0.1, 0.15) is 18.2 Å². The molecule has 0 radical (unpaired) electrons. The summed E-state index contributed by atoms with van der Waals surface area (Å²) in [6.07, 6.45) is 5.53. The van der Waals surface area contributed by atoms with Gasteiger partial charge in [-0.1, -0.05) is 6.92 Å². The van der Waals surface area contributed by atoms with Gasteiger partial charge >= 0.3 is 0 Å². The van der Waals surface area contributed by atoms with Gasteiger partial charge in [-0.2, -0.15) is 0 Å². The molecule has 1 aliphatic rings. The van der Waals surface area contributed by atoms with Crippen LogP contribution in [0.25, 0.3) is 10.9 Å². The minimum Gasteiger partial charge on any atom is -0.496 e. The van der Waals surface area contributed by atoms with Gasteiger partial charge in [-0.3, -0.25) is 4.90 Å². The maximum absolute atomic E-state index is 14.2. The molecular formula is C24H29ClF2N2O2. The zero-order valence-electron chi connectivity index (χ0n) is 17.9. The average Bonchev–Trinajstić information content (AvgIpc) is 3.15. The fourth-order valence-electron chi connectivity index (χ4n) is 4.42. The van der Waals surface area contributed by atoms with Crippen molar-refractivity contribution in [1.82, 2.24) is 9.88 Å². The van der Waals surface area contributed by atoms with E-state index in [0.29, 0.717) is 24.5 Å². The highest BCUT2D eigenvalue weighted by molar-refractivity contribution is 5.85. The maximum atomic E-state index is 14.2. The van der Waals surface area contributed by atoms with Crippen molar-refractivity contribution < 1.29 is 18.3 Å². The van der Waals surface area contributed by atoms with E-state index in [4.69, 9.17) is 9.47 Å². The number of aromatic amines is 1. The lowest BCUT2D eigenvalue weighted by Gasteiger charge is -2.35. The molecule has 0 spiro atoms. The number of aryl methyl sites for hydroxylation is 1. The van der Waals surface area contributed by atoms with Crippen LogP contribution in [0, 0.1) is 11.6 Å². The van der Waals surface area contributed by atoms with E-state index >= 15 is 0 Å². The number of nitrogens with one attached hydrogen (secondary N) is 1. The Morgan fingerprint density at radius 1 is 1.19 bits per heavy atom. The topological polar surface area (TPSA) is 37.5 Å². The second-order valence-electron chi connectivity index (χ2n) is 7.87. The molecule has 2 aromatic carbocycles. The summed E-state index contributed by atoms with van der Waals surface area (Å²) in [6.45, 7) is 4.48. The van der Waals surface area contributed by atoms with Gasteiger partial charge in [-0.25, -0.2) is 8.78 Å². The van der Waals surface area contributed by atoms with Crippen molar-refractivity contribution in [2.24, 2.45) is 0 Å². The van der Waals surface area contributed by atoms with Crippen molar-refractivity contribution in [3.8, 4) is 11.5 Å². The van der Waals surface area contributed by atoms with E-state index in [1.165, 1.54) is 12.1 Å². The minimum absolute atomic E-state index is 0. The zero-order valence-corrected chi connectivity index (χ0v) is 18.7. The maximum Gasteiger partial charge on any atom is 0.165 e. The van der Waals surface area contributed by atoms with Gasteiger partial charge in [0.15, 0.2) is 11.6 Å². The van der Waals surface area contributed by atoms with Gasteiger partial charge in [0.05, 0.1) is 7.11 Å². The average molecular weight is 451 g/mol. The molecule has 0 fully saturated rings.